The molecule has 0 saturated carbocycles. The first-order valence-electron chi connectivity index (χ1n) is 6.97. The fourth-order valence-corrected chi connectivity index (χ4v) is 2.45. The minimum atomic E-state index is -4.79. The van der Waals surface area contributed by atoms with Crippen molar-refractivity contribution in [2.75, 3.05) is 12.4 Å². The molecule has 0 heterocycles. The number of nitrogens with one attached hydrogen (secondary N) is 1. The summed E-state index contributed by atoms with van der Waals surface area (Å²) in [5.41, 5.74) is 0.953. The summed E-state index contributed by atoms with van der Waals surface area (Å²) in [6, 6.07) is 9.92. The molecule has 0 bridgehead atoms. The summed E-state index contributed by atoms with van der Waals surface area (Å²) in [5.74, 6) is 0. The van der Waals surface area contributed by atoms with Crippen molar-refractivity contribution < 1.29 is 22.0 Å². The second-order valence-electron chi connectivity index (χ2n) is 5.17. The van der Waals surface area contributed by atoms with Crippen LogP contribution in [0.5, 0.6) is 0 Å². The van der Waals surface area contributed by atoms with E-state index < -0.39 is 26.1 Å². The lowest BCUT2D eigenvalue weighted by atomic mass is 10.2. The summed E-state index contributed by atoms with van der Waals surface area (Å²) >= 11 is 0. The van der Waals surface area contributed by atoms with Crippen LogP contribution in [0, 0.1) is 10.1 Å². The Morgan fingerprint density at radius 1 is 1.16 bits per heavy atom. The molecule has 0 atom stereocenters. The number of rotatable bonds is 5. The van der Waals surface area contributed by atoms with E-state index >= 15 is 0 Å². The van der Waals surface area contributed by atoms with Gasteiger partial charge in [0.1, 0.15) is 0 Å². The second-order valence-corrected chi connectivity index (χ2v) is 6.52. The van der Waals surface area contributed by atoms with Gasteiger partial charge in [-0.1, -0.05) is 12.1 Å². The number of carbonyl (C=O) groups is 1. The third kappa shape index (κ3) is 4.98. The van der Waals surface area contributed by atoms with Gasteiger partial charge in [-0.25, -0.2) is 4.79 Å². The third-order valence-electron chi connectivity index (χ3n) is 3.30. The Bertz CT molecular complexity index is 882. The van der Waals surface area contributed by atoms with Gasteiger partial charge < -0.3 is 10.2 Å². The smallest absolute Gasteiger partial charge is 0.323 e. The molecule has 8 nitrogen and oxygen atoms in total. The molecule has 132 valence electrons. The number of amides is 2. The van der Waals surface area contributed by atoms with Gasteiger partial charge in [-0.3, -0.25) is 10.1 Å². The lowest BCUT2D eigenvalue weighted by Crippen LogP contribution is -2.30. The molecule has 0 aliphatic heterocycles. The summed E-state index contributed by atoms with van der Waals surface area (Å²) in [6.45, 7) is 0.209. The molecular weight excluding hydrogens is 353 g/mol. The van der Waals surface area contributed by atoms with Crippen LogP contribution in [0.1, 0.15) is 5.56 Å². The van der Waals surface area contributed by atoms with Gasteiger partial charge in [0, 0.05) is 31.4 Å². The zero-order valence-electron chi connectivity index (χ0n) is 13.0. The Morgan fingerprint density at radius 2 is 1.72 bits per heavy atom. The molecule has 0 aromatic heterocycles. The number of nitro groups is 1. The summed E-state index contributed by atoms with van der Waals surface area (Å²) in [5, 5.41) is 13.1. The highest BCUT2D eigenvalue weighted by atomic mass is 32.3. The minimum absolute atomic E-state index is 0.0428. The number of non-ortho nitro benzene ring substituents is 1. The topological polar surface area (TPSA) is 110 Å². The van der Waals surface area contributed by atoms with Gasteiger partial charge >= 0.3 is 16.3 Å². The van der Waals surface area contributed by atoms with Crippen LogP contribution >= 0.6 is 0 Å². The summed E-state index contributed by atoms with van der Waals surface area (Å²) < 4.78 is 34.3. The maximum absolute atomic E-state index is 12.8. The number of anilines is 1. The van der Waals surface area contributed by atoms with E-state index in [2.05, 4.69) is 5.32 Å². The van der Waals surface area contributed by atoms with Crippen molar-refractivity contribution in [3.05, 3.63) is 64.2 Å². The van der Waals surface area contributed by atoms with Crippen LogP contribution < -0.4 is 5.32 Å². The van der Waals surface area contributed by atoms with Gasteiger partial charge in [0.15, 0.2) is 0 Å². The van der Waals surface area contributed by atoms with Gasteiger partial charge in [-0.05, 0) is 29.8 Å². The van der Waals surface area contributed by atoms with Crippen molar-refractivity contribution in [1.82, 2.24) is 4.90 Å². The van der Waals surface area contributed by atoms with Gasteiger partial charge in [0.2, 0.25) is 0 Å². The molecule has 2 aromatic carbocycles. The molecule has 10 heteroatoms. The van der Waals surface area contributed by atoms with Crippen LogP contribution in [0.3, 0.4) is 0 Å². The molecule has 0 spiro atoms. The van der Waals surface area contributed by atoms with Crippen molar-refractivity contribution in [2.45, 2.75) is 11.4 Å². The first-order chi connectivity index (χ1) is 11.7. The van der Waals surface area contributed by atoms with Gasteiger partial charge in [-0.15, -0.1) is 3.89 Å². The zero-order chi connectivity index (χ0) is 18.6. The molecule has 0 aliphatic carbocycles. The monoisotopic (exact) mass is 367 g/mol. The molecule has 0 unspecified atom stereocenters. The third-order valence-corrected chi connectivity index (χ3v) is 4.14. The molecule has 0 radical (unpaired) electrons. The molecule has 0 aliphatic rings. The SMILES string of the molecule is CN(Cc1ccc([N+](=O)[O-])cc1)C(=O)Nc1ccc(S(=O)(=O)F)cc1. The largest absolute Gasteiger partial charge is 0.332 e. The Morgan fingerprint density at radius 3 is 2.20 bits per heavy atom. The number of hydrogen-bond donors (Lipinski definition) is 1. The van der Waals surface area contributed by atoms with Crippen LogP contribution in [0.15, 0.2) is 53.4 Å². The lowest BCUT2D eigenvalue weighted by molar-refractivity contribution is -0.384. The van der Waals surface area contributed by atoms with E-state index in [9.17, 15) is 27.2 Å². The van der Waals surface area contributed by atoms with Crippen LogP contribution in [-0.4, -0.2) is 31.3 Å². The number of nitrogens with zero attached hydrogens (tertiary/aromatic N) is 2. The molecule has 0 fully saturated rings. The summed E-state index contributed by atoms with van der Waals surface area (Å²) in [4.78, 5) is 23.0. The predicted octanol–water partition coefficient (Wildman–Crippen LogP) is 2.92. The normalized spacial score (nSPS) is 11.0. The van der Waals surface area contributed by atoms with Crippen molar-refractivity contribution >= 4 is 27.6 Å². The number of benzene rings is 2. The highest BCUT2D eigenvalue weighted by Crippen LogP contribution is 2.17. The first kappa shape index (κ1) is 18.3. The van der Waals surface area contributed by atoms with E-state index in [0.717, 1.165) is 12.1 Å². The fourth-order valence-electron chi connectivity index (χ4n) is 1.99. The van der Waals surface area contributed by atoms with Gasteiger partial charge in [0.25, 0.3) is 5.69 Å². The molecule has 0 saturated heterocycles. The van der Waals surface area contributed by atoms with Crippen LogP contribution in [0.4, 0.5) is 20.1 Å². The lowest BCUT2D eigenvalue weighted by Gasteiger charge is -2.18. The molecule has 1 N–H and O–H groups in total. The van der Waals surface area contributed by atoms with Gasteiger partial charge in [0.05, 0.1) is 9.82 Å². The maximum Gasteiger partial charge on any atom is 0.332 e. The van der Waals surface area contributed by atoms with E-state index in [1.165, 1.54) is 36.2 Å². The van der Waals surface area contributed by atoms with E-state index in [1.54, 1.807) is 12.1 Å². The molecule has 2 amide bonds. The van der Waals surface area contributed by atoms with E-state index in [1.807, 2.05) is 0 Å². The van der Waals surface area contributed by atoms with Crippen LogP contribution in [0.2, 0.25) is 0 Å². The molecule has 2 aromatic rings. The number of urea groups is 1. The Balaban J connectivity index is 1.99. The van der Waals surface area contributed by atoms with Crippen molar-refractivity contribution in [3.63, 3.8) is 0 Å². The molecule has 25 heavy (non-hydrogen) atoms. The van der Waals surface area contributed by atoms with Crippen LogP contribution in [0.25, 0.3) is 0 Å². The molecular formula is C15H14FN3O5S. The van der Waals surface area contributed by atoms with Crippen molar-refractivity contribution in [1.29, 1.82) is 0 Å². The first-order valence-corrected chi connectivity index (χ1v) is 8.35. The Labute approximate surface area is 143 Å². The highest BCUT2D eigenvalue weighted by molar-refractivity contribution is 7.86. The quantitative estimate of drug-likeness (QED) is 0.496. The zero-order valence-corrected chi connectivity index (χ0v) is 13.9. The maximum atomic E-state index is 12.8. The summed E-state index contributed by atoms with van der Waals surface area (Å²) in [6.07, 6.45) is 0. The number of carbonyl (C=O) groups excluding carboxylic acids is 1. The minimum Gasteiger partial charge on any atom is -0.323 e. The standard InChI is InChI=1S/C15H14FN3O5S/c1-18(10-11-2-6-13(7-3-11)19(21)22)15(20)17-12-4-8-14(9-5-12)25(16,23)24/h2-9H,10H2,1H3,(H,17,20). The Kier molecular flexibility index (Phi) is 5.32. The summed E-state index contributed by atoms with van der Waals surface area (Å²) in [7, 11) is -3.26. The number of nitro benzene ring substituents is 1. The number of hydrogen-bond acceptors (Lipinski definition) is 5. The molecule has 2 rings (SSSR count). The van der Waals surface area contributed by atoms with Crippen LogP contribution in [-0.2, 0) is 16.8 Å². The van der Waals surface area contributed by atoms with Crippen molar-refractivity contribution in [2.24, 2.45) is 0 Å². The van der Waals surface area contributed by atoms with Gasteiger partial charge in [-0.2, -0.15) is 8.42 Å². The van der Waals surface area contributed by atoms with Crippen molar-refractivity contribution in [3.8, 4) is 0 Å². The number of halogens is 1. The predicted molar refractivity (Wildman–Crippen MR) is 88.3 cm³/mol. The Hall–Kier alpha value is -3.01. The van der Waals surface area contributed by atoms with E-state index in [0.29, 0.717) is 11.3 Å². The average molecular weight is 367 g/mol. The average Bonchev–Trinajstić information content (AvgIpc) is 2.55. The van der Waals surface area contributed by atoms with E-state index in [-0.39, 0.29) is 12.2 Å². The second kappa shape index (κ2) is 7.26. The highest BCUT2D eigenvalue weighted by Gasteiger charge is 2.13. The fraction of sp³-hybridized carbons (Fsp3) is 0.133. The van der Waals surface area contributed by atoms with E-state index in [4.69, 9.17) is 0 Å².